The normalized spacial score (nSPS) is 43.3. The number of aliphatic hydroxyl groups excluding tert-OH is 2. The van der Waals surface area contributed by atoms with E-state index in [4.69, 9.17) is 10.5 Å². The number of ether oxygens (including phenoxy) is 1. The number of rotatable bonds is 6. The quantitative estimate of drug-likeness (QED) is 0.177. The van der Waals surface area contributed by atoms with E-state index in [9.17, 15) is 38.5 Å². The van der Waals surface area contributed by atoms with Crippen molar-refractivity contribution in [3.05, 3.63) is 11.6 Å². The minimum absolute atomic E-state index is 0.0306. The molecule has 6 atom stereocenters. The summed E-state index contributed by atoms with van der Waals surface area (Å²) >= 11 is 0. The molecule has 2 rings (SSSR count). The van der Waals surface area contributed by atoms with Gasteiger partial charge in [-0.3, -0.25) is 9.32 Å². The fourth-order valence-electron chi connectivity index (χ4n) is 2.50. The maximum atomic E-state index is 12.3. The van der Waals surface area contributed by atoms with Gasteiger partial charge >= 0.3 is 23.5 Å². The highest BCUT2D eigenvalue weighted by molar-refractivity contribution is 7.74. The Labute approximate surface area is 164 Å². The Kier molecular flexibility index (Phi) is 7.63. The van der Waals surface area contributed by atoms with E-state index in [1.54, 1.807) is 0 Å². The fourth-order valence-corrected chi connectivity index (χ4v) is 7.43. The lowest BCUT2D eigenvalue weighted by Gasteiger charge is -2.27. The largest absolute Gasteiger partial charge is 0.492 e. The SMILES string of the molecule is C/C=C(\C(=O)N(C)CN)[C@@H]1O[C@H](COP2(=O)OP(=O)(O)OP(=O)(O)O2)[C@H](O)C1O. The van der Waals surface area contributed by atoms with Gasteiger partial charge in [-0.05, 0) is 6.92 Å². The molecule has 2 heterocycles. The van der Waals surface area contributed by atoms with Crippen LogP contribution >= 0.6 is 23.5 Å². The van der Waals surface area contributed by atoms with Crippen LogP contribution in [0, 0.1) is 0 Å². The minimum Gasteiger partial charge on any atom is -0.387 e. The predicted octanol–water partition coefficient (Wildman–Crippen LogP) is -0.815. The van der Waals surface area contributed by atoms with Crippen LogP contribution < -0.4 is 5.73 Å². The highest BCUT2D eigenvalue weighted by atomic mass is 31.3. The molecule has 3 unspecified atom stereocenters. The highest BCUT2D eigenvalue weighted by Crippen LogP contribution is 2.80. The molecule has 0 spiro atoms. The van der Waals surface area contributed by atoms with Gasteiger partial charge in [-0.15, -0.1) is 0 Å². The van der Waals surface area contributed by atoms with E-state index in [0.717, 1.165) is 4.90 Å². The molecule has 168 valence electrons. The summed E-state index contributed by atoms with van der Waals surface area (Å²) < 4.78 is 57.0. The first-order valence-corrected chi connectivity index (χ1v) is 12.4. The lowest BCUT2D eigenvalue weighted by atomic mass is 10.0. The molecule has 0 radical (unpaired) electrons. The van der Waals surface area contributed by atoms with Gasteiger partial charge in [0.25, 0.3) is 5.91 Å². The molecule has 6 N–H and O–H groups in total. The number of carbonyl (C=O) groups is 1. The number of hydrogen-bond donors (Lipinski definition) is 5. The lowest BCUT2D eigenvalue weighted by Crippen LogP contribution is -2.40. The van der Waals surface area contributed by atoms with Crippen LogP contribution in [0.1, 0.15) is 6.92 Å². The van der Waals surface area contributed by atoms with Gasteiger partial charge in [0, 0.05) is 12.6 Å². The van der Waals surface area contributed by atoms with Crippen LogP contribution in [0.5, 0.6) is 0 Å². The van der Waals surface area contributed by atoms with Gasteiger partial charge in [0.1, 0.15) is 24.4 Å². The summed E-state index contributed by atoms with van der Waals surface area (Å²) in [6, 6.07) is 0. The van der Waals surface area contributed by atoms with Crippen LogP contribution in [0.3, 0.4) is 0 Å². The van der Waals surface area contributed by atoms with Crippen LogP contribution in [0.4, 0.5) is 0 Å². The van der Waals surface area contributed by atoms with Crippen molar-refractivity contribution in [1.82, 2.24) is 4.90 Å². The van der Waals surface area contributed by atoms with E-state index in [-0.39, 0.29) is 12.2 Å². The standard InChI is InChI=1S/C11H21N2O13P3/c1-3-6(11(16)13(2)5-12)10-9(15)8(14)7(23-10)4-22-29(21)25-27(17,18)24-28(19,20)26-29/h3,7-10,14-15H,4-5,12H2,1-2H3,(H,17,18)(H,19,20)/b6-3-/t7-,8+,9?,10+/m1/s1. The van der Waals surface area contributed by atoms with Gasteiger partial charge in [0.2, 0.25) is 0 Å². The number of likely N-dealkylation sites (N-methyl/N-ethyl adjacent to an activating group) is 1. The monoisotopic (exact) mass is 482 g/mol. The van der Waals surface area contributed by atoms with Crippen LogP contribution in [0.15, 0.2) is 11.6 Å². The third kappa shape index (κ3) is 5.81. The summed E-state index contributed by atoms with van der Waals surface area (Å²) in [5, 5.41) is 20.3. The zero-order valence-corrected chi connectivity index (χ0v) is 17.8. The first kappa shape index (κ1) is 24.8. The first-order chi connectivity index (χ1) is 13.2. The summed E-state index contributed by atoms with van der Waals surface area (Å²) in [5.74, 6) is -0.584. The summed E-state index contributed by atoms with van der Waals surface area (Å²) in [6.07, 6.45) is -4.64. The Morgan fingerprint density at radius 3 is 2.17 bits per heavy atom. The molecule has 0 aromatic carbocycles. The number of carbonyl (C=O) groups excluding carboxylic acids is 1. The molecule has 1 amide bonds. The van der Waals surface area contributed by atoms with Crippen molar-refractivity contribution in [2.75, 3.05) is 20.3 Å². The van der Waals surface area contributed by atoms with Crippen LogP contribution in [0.25, 0.3) is 0 Å². The number of nitrogens with zero attached hydrogens (tertiary/aromatic N) is 1. The van der Waals surface area contributed by atoms with Crippen LogP contribution in [-0.4, -0.2) is 75.5 Å². The maximum absolute atomic E-state index is 12.3. The van der Waals surface area contributed by atoms with Crippen molar-refractivity contribution < 1.29 is 60.7 Å². The predicted molar refractivity (Wildman–Crippen MR) is 92.7 cm³/mol. The van der Waals surface area contributed by atoms with E-state index >= 15 is 0 Å². The summed E-state index contributed by atoms with van der Waals surface area (Å²) in [7, 11) is -14.1. The third-order valence-corrected chi connectivity index (χ3v) is 9.22. The van der Waals surface area contributed by atoms with Crippen molar-refractivity contribution in [3.8, 4) is 0 Å². The third-order valence-electron chi connectivity index (χ3n) is 3.86. The molecule has 2 aliphatic rings. The smallest absolute Gasteiger partial charge is 0.387 e. The van der Waals surface area contributed by atoms with Crippen molar-refractivity contribution >= 4 is 29.4 Å². The van der Waals surface area contributed by atoms with Gasteiger partial charge < -0.3 is 35.4 Å². The Hall–Kier alpha value is -0.500. The molecule has 29 heavy (non-hydrogen) atoms. The molecule has 0 aromatic heterocycles. The highest BCUT2D eigenvalue weighted by Gasteiger charge is 2.55. The minimum atomic E-state index is -5.23. The van der Waals surface area contributed by atoms with Gasteiger partial charge in [0.15, 0.2) is 0 Å². The Morgan fingerprint density at radius 2 is 1.69 bits per heavy atom. The Balaban J connectivity index is 2.11. The van der Waals surface area contributed by atoms with E-state index in [1.807, 2.05) is 0 Å². The molecule has 18 heteroatoms. The summed E-state index contributed by atoms with van der Waals surface area (Å²) in [5.41, 5.74) is 5.36. The van der Waals surface area contributed by atoms with Gasteiger partial charge in [-0.2, -0.15) is 12.9 Å². The first-order valence-electron chi connectivity index (χ1n) is 7.91. The van der Waals surface area contributed by atoms with Crippen LogP contribution in [0.2, 0.25) is 0 Å². The second-order valence-electron chi connectivity index (χ2n) is 5.93. The van der Waals surface area contributed by atoms with Crippen LogP contribution in [-0.2, 0) is 40.7 Å². The van der Waals surface area contributed by atoms with E-state index in [0.29, 0.717) is 0 Å². The van der Waals surface area contributed by atoms with Crippen molar-refractivity contribution in [1.29, 1.82) is 0 Å². The number of allylic oxidation sites excluding steroid dienone is 1. The topological polar surface area (TPSA) is 225 Å². The maximum Gasteiger partial charge on any atom is 0.492 e. The van der Waals surface area contributed by atoms with Crippen molar-refractivity contribution in [2.45, 2.75) is 31.3 Å². The summed E-state index contributed by atoms with van der Waals surface area (Å²) in [6.45, 7) is 0.490. The summed E-state index contributed by atoms with van der Waals surface area (Å²) in [4.78, 5) is 31.8. The molecule has 0 saturated carbocycles. The molecule has 2 fully saturated rings. The molecular weight excluding hydrogens is 461 g/mol. The molecule has 15 nitrogen and oxygen atoms in total. The van der Waals surface area contributed by atoms with Gasteiger partial charge in [0.05, 0.1) is 13.3 Å². The van der Waals surface area contributed by atoms with E-state index < -0.39 is 60.4 Å². The molecule has 0 bridgehead atoms. The van der Waals surface area contributed by atoms with Gasteiger partial charge in [-0.25, -0.2) is 13.7 Å². The fraction of sp³-hybridized carbons (Fsp3) is 0.727. The molecule has 2 aliphatic heterocycles. The van der Waals surface area contributed by atoms with Crippen molar-refractivity contribution in [2.24, 2.45) is 5.73 Å². The molecular formula is C11H21N2O13P3. The Morgan fingerprint density at radius 1 is 1.14 bits per heavy atom. The van der Waals surface area contributed by atoms with E-state index in [1.165, 1.54) is 20.0 Å². The van der Waals surface area contributed by atoms with Crippen molar-refractivity contribution in [3.63, 3.8) is 0 Å². The number of hydrogen-bond acceptors (Lipinski definition) is 12. The zero-order valence-electron chi connectivity index (χ0n) is 15.1. The number of amides is 1. The number of phosphoric acid groups is 3. The van der Waals surface area contributed by atoms with Gasteiger partial charge in [-0.1, -0.05) is 6.08 Å². The van der Waals surface area contributed by atoms with E-state index in [2.05, 4.69) is 17.5 Å². The molecule has 0 aliphatic carbocycles. The average molecular weight is 482 g/mol. The molecule has 0 aromatic rings. The lowest BCUT2D eigenvalue weighted by molar-refractivity contribution is -0.128. The second-order valence-corrected chi connectivity index (χ2v) is 10.9. The average Bonchev–Trinajstić information content (AvgIpc) is 2.85. The molecule has 2 saturated heterocycles. The number of nitrogens with two attached hydrogens (primary N) is 1. The Bertz CT molecular complexity index is 790. The second kappa shape index (κ2) is 8.93. The number of aliphatic hydroxyl groups is 2. The zero-order chi connectivity index (χ0) is 22.2.